The quantitative estimate of drug-likeness (QED) is 0.771. The molecule has 3 aromatic rings. The van der Waals surface area contributed by atoms with Crippen LogP contribution >= 0.6 is 11.3 Å². The molecule has 0 saturated heterocycles. The summed E-state index contributed by atoms with van der Waals surface area (Å²) in [5.74, 6) is 1.47. The molecule has 2 heterocycles. The summed E-state index contributed by atoms with van der Waals surface area (Å²) in [7, 11) is 0. The van der Waals surface area contributed by atoms with Crippen molar-refractivity contribution in [3.05, 3.63) is 41.0 Å². The number of thiazole rings is 1. The summed E-state index contributed by atoms with van der Waals surface area (Å²) in [4.78, 5) is 10.1. The summed E-state index contributed by atoms with van der Waals surface area (Å²) in [6.07, 6.45) is 0.797. The van der Waals surface area contributed by atoms with Gasteiger partial charge in [0, 0.05) is 12.0 Å². The first-order valence-electron chi connectivity index (χ1n) is 6.42. The third-order valence-electron chi connectivity index (χ3n) is 2.93. The molecule has 1 aromatic carbocycles. The number of nitrogens with one attached hydrogen (secondary N) is 1. The Bertz CT molecular complexity index is 701. The van der Waals surface area contributed by atoms with Crippen molar-refractivity contribution in [3.63, 3.8) is 0 Å². The van der Waals surface area contributed by atoms with Crippen LogP contribution in [-0.2, 0) is 6.42 Å². The zero-order valence-electron chi connectivity index (χ0n) is 11.1. The zero-order valence-corrected chi connectivity index (χ0v) is 11.9. The fourth-order valence-electron chi connectivity index (χ4n) is 1.98. The van der Waals surface area contributed by atoms with Gasteiger partial charge < -0.3 is 5.73 Å². The molecule has 0 atom stereocenters. The largest absolute Gasteiger partial charge is 0.330 e. The summed E-state index contributed by atoms with van der Waals surface area (Å²) in [6.45, 7) is 2.59. The van der Waals surface area contributed by atoms with E-state index in [2.05, 4.69) is 20.2 Å². The van der Waals surface area contributed by atoms with E-state index in [0.717, 1.165) is 33.4 Å². The Morgan fingerprint density at radius 3 is 2.75 bits per heavy atom. The minimum Gasteiger partial charge on any atom is -0.330 e. The van der Waals surface area contributed by atoms with E-state index in [1.807, 2.05) is 37.3 Å². The van der Waals surface area contributed by atoms with Gasteiger partial charge in [-0.05, 0) is 13.5 Å². The van der Waals surface area contributed by atoms with Crippen molar-refractivity contribution in [1.29, 1.82) is 0 Å². The van der Waals surface area contributed by atoms with Gasteiger partial charge in [-0.1, -0.05) is 30.3 Å². The van der Waals surface area contributed by atoms with E-state index in [1.165, 1.54) is 0 Å². The lowest BCUT2D eigenvalue weighted by molar-refractivity contribution is 0.945. The van der Waals surface area contributed by atoms with Crippen molar-refractivity contribution >= 4 is 11.3 Å². The van der Waals surface area contributed by atoms with Crippen molar-refractivity contribution in [3.8, 4) is 22.1 Å². The van der Waals surface area contributed by atoms with E-state index in [9.17, 15) is 0 Å². The first-order chi connectivity index (χ1) is 9.78. The fourth-order valence-corrected chi connectivity index (χ4v) is 3.00. The molecule has 3 rings (SSSR count). The second kappa shape index (κ2) is 5.52. The van der Waals surface area contributed by atoms with Crippen LogP contribution in [-0.4, -0.2) is 26.7 Å². The monoisotopic (exact) mass is 285 g/mol. The first-order valence-corrected chi connectivity index (χ1v) is 7.24. The van der Waals surface area contributed by atoms with E-state index in [0.29, 0.717) is 12.4 Å². The summed E-state index contributed by atoms with van der Waals surface area (Å²) >= 11 is 1.62. The number of benzene rings is 1. The maximum Gasteiger partial charge on any atom is 0.181 e. The lowest BCUT2D eigenvalue weighted by atomic mass is 10.2. The predicted molar refractivity (Wildman–Crippen MR) is 80.4 cm³/mol. The van der Waals surface area contributed by atoms with Crippen LogP contribution in [0, 0.1) is 6.92 Å². The molecule has 0 fully saturated rings. The number of aromatic nitrogens is 4. The van der Waals surface area contributed by atoms with Gasteiger partial charge in [-0.25, -0.2) is 9.97 Å². The van der Waals surface area contributed by atoms with Gasteiger partial charge in [-0.3, -0.25) is 5.10 Å². The Balaban J connectivity index is 1.94. The van der Waals surface area contributed by atoms with Gasteiger partial charge >= 0.3 is 0 Å². The number of nitrogens with zero attached hydrogens (tertiary/aromatic N) is 3. The molecule has 102 valence electrons. The van der Waals surface area contributed by atoms with Crippen LogP contribution < -0.4 is 5.73 Å². The molecule has 0 spiro atoms. The Kier molecular flexibility index (Phi) is 3.58. The second-order valence-corrected chi connectivity index (χ2v) is 5.52. The van der Waals surface area contributed by atoms with Gasteiger partial charge in [-0.15, -0.1) is 11.3 Å². The van der Waals surface area contributed by atoms with Crippen LogP contribution in [0.25, 0.3) is 22.1 Å². The standard InChI is InChI=1S/C14H15N5S/c1-9-12(20-11(16-9)7-8-15)14-17-13(18-19-14)10-5-3-2-4-6-10/h2-6H,7-8,15H2,1H3,(H,17,18,19). The van der Waals surface area contributed by atoms with Gasteiger partial charge in [0.05, 0.1) is 15.6 Å². The van der Waals surface area contributed by atoms with Crippen LogP contribution in [0.2, 0.25) is 0 Å². The van der Waals surface area contributed by atoms with Crippen LogP contribution in [0.1, 0.15) is 10.7 Å². The third kappa shape index (κ3) is 2.48. The van der Waals surface area contributed by atoms with Crippen LogP contribution in [0.5, 0.6) is 0 Å². The van der Waals surface area contributed by atoms with Crippen molar-refractivity contribution in [2.45, 2.75) is 13.3 Å². The maximum absolute atomic E-state index is 5.57. The molecule has 0 aliphatic rings. The Hall–Kier alpha value is -2.05. The summed E-state index contributed by atoms with van der Waals surface area (Å²) in [6, 6.07) is 9.91. The Morgan fingerprint density at radius 2 is 2.00 bits per heavy atom. The van der Waals surface area contributed by atoms with Crippen molar-refractivity contribution in [2.24, 2.45) is 5.73 Å². The average Bonchev–Trinajstić information content (AvgIpc) is 3.07. The van der Waals surface area contributed by atoms with E-state index in [4.69, 9.17) is 5.73 Å². The molecular weight excluding hydrogens is 270 g/mol. The van der Waals surface area contributed by atoms with E-state index < -0.39 is 0 Å². The van der Waals surface area contributed by atoms with Crippen molar-refractivity contribution in [2.75, 3.05) is 6.54 Å². The van der Waals surface area contributed by atoms with Gasteiger partial charge in [-0.2, -0.15) is 5.10 Å². The number of hydrogen-bond acceptors (Lipinski definition) is 5. The van der Waals surface area contributed by atoms with E-state index in [1.54, 1.807) is 11.3 Å². The number of aryl methyl sites for hydroxylation is 1. The lowest BCUT2D eigenvalue weighted by Gasteiger charge is -1.92. The average molecular weight is 285 g/mol. The molecule has 0 aliphatic carbocycles. The highest BCUT2D eigenvalue weighted by atomic mass is 32.1. The minimum atomic E-state index is 0.609. The van der Waals surface area contributed by atoms with Crippen LogP contribution in [0.15, 0.2) is 30.3 Å². The molecule has 3 N–H and O–H groups in total. The highest BCUT2D eigenvalue weighted by Crippen LogP contribution is 2.28. The smallest absolute Gasteiger partial charge is 0.181 e. The minimum absolute atomic E-state index is 0.609. The normalized spacial score (nSPS) is 10.9. The van der Waals surface area contributed by atoms with Crippen molar-refractivity contribution < 1.29 is 0 Å². The van der Waals surface area contributed by atoms with Crippen LogP contribution in [0.3, 0.4) is 0 Å². The molecule has 5 nitrogen and oxygen atoms in total. The molecule has 0 bridgehead atoms. The first kappa shape index (κ1) is 13.0. The molecule has 0 saturated carbocycles. The van der Waals surface area contributed by atoms with Gasteiger partial charge in [0.25, 0.3) is 0 Å². The number of rotatable bonds is 4. The zero-order chi connectivity index (χ0) is 13.9. The topological polar surface area (TPSA) is 80.5 Å². The van der Waals surface area contributed by atoms with E-state index >= 15 is 0 Å². The third-order valence-corrected chi connectivity index (χ3v) is 4.16. The van der Waals surface area contributed by atoms with Crippen molar-refractivity contribution in [1.82, 2.24) is 20.2 Å². The molecule has 0 amide bonds. The SMILES string of the molecule is Cc1nc(CCN)sc1-c1nc(-c2ccccc2)n[nH]1. The van der Waals surface area contributed by atoms with E-state index in [-0.39, 0.29) is 0 Å². The van der Waals surface area contributed by atoms with Gasteiger partial charge in [0.2, 0.25) is 0 Å². The highest BCUT2D eigenvalue weighted by molar-refractivity contribution is 7.15. The highest BCUT2D eigenvalue weighted by Gasteiger charge is 2.14. The molecular formula is C14H15N5S. The fraction of sp³-hybridized carbons (Fsp3) is 0.214. The molecule has 0 aliphatic heterocycles. The van der Waals surface area contributed by atoms with Crippen LogP contribution in [0.4, 0.5) is 0 Å². The Morgan fingerprint density at radius 1 is 1.20 bits per heavy atom. The maximum atomic E-state index is 5.57. The Labute approximate surface area is 120 Å². The molecule has 20 heavy (non-hydrogen) atoms. The summed E-state index contributed by atoms with van der Waals surface area (Å²) in [5, 5.41) is 8.31. The molecule has 0 unspecified atom stereocenters. The summed E-state index contributed by atoms with van der Waals surface area (Å²) < 4.78 is 0. The number of aromatic amines is 1. The second-order valence-electron chi connectivity index (χ2n) is 4.43. The summed E-state index contributed by atoms with van der Waals surface area (Å²) in [5.41, 5.74) is 7.54. The number of hydrogen-bond donors (Lipinski definition) is 2. The lowest BCUT2D eigenvalue weighted by Crippen LogP contribution is -2.01. The molecule has 2 aromatic heterocycles. The predicted octanol–water partition coefficient (Wildman–Crippen LogP) is 2.40. The number of H-pyrrole nitrogens is 1. The molecule has 6 heteroatoms. The number of nitrogens with two attached hydrogens (primary N) is 1. The molecule has 0 radical (unpaired) electrons. The van der Waals surface area contributed by atoms with Gasteiger partial charge in [0.1, 0.15) is 0 Å². The van der Waals surface area contributed by atoms with Gasteiger partial charge in [0.15, 0.2) is 11.6 Å².